The van der Waals surface area contributed by atoms with Gasteiger partial charge in [0, 0.05) is 12.4 Å². The van der Waals surface area contributed by atoms with Crippen molar-refractivity contribution in [2.75, 3.05) is 7.05 Å². The van der Waals surface area contributed by atoms with E-state index in [0.717, 1.165) is 0 Å². The molecule has 0 atom stereocenters. The summed E-state index contributed by atoms with van der Waals surface area (Å²) in [5, 5.41) is 19.1. The van der Waals surface area contributed by atoms with E-state index in [1.807, 2.05) is 5.32 Å². The first kappa shape index (κ1) is 15.2. The van der Waals surface area contributed by atoms with Crippen molar-refractivity contribution in [2.24, 2.45) is 0 Å². The monoisotopic (exact) mass is 303 g/mol. The van der Waals surface area contributed by atoms with Crippen molar-refractivity contribution in [2.45, 2.75) is 6.54 Å². The Bertz CT molecular complexity index is 827. The lowest BCUT2D eigenvalue weighted by Crippen LogP contribution is -2.41. The zero-order valence-corrected chi connectivity index (χ0v) is 11.5. The Morgan fingerprint density at radius 3 is 2.45 bits per heavy atom. The summed E-state index contributed by atoms with van der Waals surface area (Å²) in [7, 11) is 1.32. The third-order valence-corrected chi connectivity index (χ3v) is 2.83. The first-order valence-electron chi connectivity index (χ1n) is 6.16. The molecule has 9 nitrogen and oxygen atoms in total. The number of nitrogens with zero attached hydrogens (tertiary/aromatic N) is 2. The molecular formula is C13H11N4O5-. The second kappa shape index (κ2) is 6.04. The predicted octanol–water partition coefficient (Wildman–Crippen LogP) is -1.78. The number of carboxylic acids is 1. The number of rotatable bonds is 3. The Hall–Kier alpha value is -3.23. The zero-order chi connectivity index (χ0) is 16.3. The summed E-state index contributed by atoms with van der Waals surface area (Å²) >= 11 is 0. The maximum Gasteiger partial charge on any atom is 0.321 e. The van der Waals surface area contributed by atoms with E-state index < -0.39 is 35.7 Å². The summed E-state index contributed by atoms with van der Waals surface area (Å²) in [5.74, 6) is -2.38. The number of benzene rings is 1. The molecule has 0 aliphatic rings. The van der Waals surface area contributed by atoms with Gasteiger partial charge in [-0.2, -0.15) is 5.10 Å². The minimum absolute atomic E-state index is 0.0874. The summed E-state index contributed by atoms with van der Waals surface area (Å²) in [5.41, 5.74) is -1.10. The van der Waals surface area contributed by atoms with Crippen LogP contribution in [0.15, 0.2) is 29.1 Å². The van der Waals surface area contributed by atoms with Crippen LogP contribution in [0, 0.1) is 0 Å². The Kier molecular flexibility index (Phi) is 4.16. The molecule has 2 rings (SSSR count). The lowest BCUT2D eigenvalue weighted by Gasteiger charge is -2.11. The Morgan fingerprint density at radius 2 is 1.86 bits per heavy atom. The number of imide groups is 1. The Labute approximate surface area is 123 Å². The van der Waals surface area contributed by atoms with E-state index >= 15 is 0 Å². The summed E-state index contributed by atoms with van der Waals surface area (Å²) in [6.45, 7) is -0.600. The smallest absolute Gasteiger partial charge is 0.321 e. The first-order chi connectivity index (χ1) is 10.4. The number of aromatic nitrogens is 2. The fourth-order valence-electron chi connectivity index (χ4n) is 1.86. The molecule has 0 fully saturated rings. The molecule has 1 heterocycles. The van der Waals surface area contributed by atoms with E-state index in [-0.39, 0.29) is 10.8 Å². The molecule has 0 aliphatic carbocycles. The normalized spacial score (nSPS) is 10.2. The van der Waals surface area contributed by atoms with Crippen LogP contribution in [0.1, 0.15) is 10.5 Å². The molecule has 0 bridgehead atoms. The Morgan fingerprint density at radius 1 is 1.23 bits per heavy atom. The molecule has 1 aromatic carbocycles. The lowest BCUT2D eigenvalue weighted by molar-refractivity contribution is -0.255. The van der Waals surface area contributed by atoms with Crippen LogP contribution in [0.5, 0.6) is 0 Å². The highest BCUT2D eigenvalue weighted by molar-refractivity contribution is 6.00. The maximum absolute atomic E-state index is 12.2. The fraction of sp³-hybridized carbons (Fsp3) is 0.154. The Balaban J connectivity index is 2.49. The largest absolute Gasteiger partial charge is 0.543 e. The van der Waals surface area contributed by atoms with Crippen LogP contribution in [-0.4, -0.2) is 34.7 Å². The third kappa shape index (κ3) is 2.92. The van der Waals surface area contributed by atoms with Crippen molar-refractivity contribution in [3.05, 3.63) is 40.3 Å². The average Bonchev–Trinajstić information content (AvgIpc) is 2.49. The van der Waals surface area contributed by atoms with Crippen molar-refractivity contribution in [1.29, 1.82) is 0 Å². The van der Waals surface area contributed by atoms with Gasteiger partial charge in [0.05, 0.1) is 11.4 Å². The molecule has 0 aliphatic heterocycles. The van der Waals surface area contributed by atoms with Crippen molar-refractivity contribution < 1.29 is 19.5 Å². The van der Waals surface area contributed by atoms with E-state index in [1.165, 1.54) is 19.2 Å². The van der Waals surface area contributed by atoms with Crippen LogP contribution in [0.2, 0.25) is 0 Å². The summed E-state index contributed by atoms with van der Waals surface area (Å²) in [6.07, 6.45) is 0. The standard InChI is InChI=1S/C13H12N4O5/c1-14-13(22)15-9(18)6-17-11(19)8-5-3-2-4-7(8)10(16-17)12(20)21/h2-5H,6H2,1H3,(H,20,21)(H2,14,15,18,22)/p-1. The lowest BCUT2D eigenvalue weighted by atomic mass is 10.1. The molecule has 0 spiro atoms. The molecule has 0 saturated carbocycles. The highest BCUT2D eigenvalue weighted by Gasteiger charge is 2.14. The van der Waals surface area contributed by atoms with Gasteiger partial charge in [0.15, 0.2) is 0 Å². The van der Waals surface area contributed by atoms with Crippen LogP contribution in [-0.2, 0) is 11.3 Å². The maximum atomic E-state index is 12.2. The topological polar surface area (TPSA) is 133 Å². The number of hydrogen-bond acceptors (Lipinski definition) is 6. The molecule has 0 unspecified atom stereocenters. The summed E-state index contributed by atoms with van der Waals surface area (Å²) < 4.78 is 0.672. The summed E-state index contributed by atoms with van der Waals surface area (Å²) in [6, 6.07) is 5.19. The van der Waals surface area contributed by atoms with Gasteiger partial charge >= 0.3 is 6.03 Å². The van der Waals surface area contributed by atoms with E-state index in [1.54, 1.807) is 12.1 Å². The van der Waals surface area contributed by atoms with Crippen molar-refractivity contribution >= 4 is 28.7 Å². The number of carbonyl (C=O) groups excluding carboxylic acids is 3. The number of hydrogen-bond donors (Lipinski definition) is 2. The van der Waals surface area contributed by atoms with Crippen LogP contribution in [0.4, 0.5) is 4.79 Å². The second-order valence-corrected chi connectivity index (χ2v) is 4.27. The van der Waals surface area contributed by atoms with E-state index in [0.29, 0.717) is 4.68 Å². The summed E-state index contributed by atoms with van der Waals surface area (Å²) in [4.78, 5) is 46.0. The molecule has 0 radical (unpaired) electrons. The fourth-order valence-corrected chi connectivity index (χ4v) is 1.86. The predicted molar refractivity (Wildman–Crippen MR) is 72.9 cm³/mol. The molecule has 3 amide bonds. The van der Waals surface area contributed by atoms with Crippen molar-refractivity contribution in [1.82, 2.24) is 20.4 Å². The highest BCUT2D eigenvalue weighted by Crippen LogP contribution is 2.12. The van der Waals surface area contributed by atoms with Crippen LogP contribution < -0.4 is 21.3 Å². The van der Waals surface area contributed by atoms with Crippen LogP contribution in [0.25, 0.3) is 10.8 Å². The molecule has 114 valence electrons. The zero-order valence-electron chi connectivity index (χ0n) is 11.5. The van der Waals surface area contributed by atoms with Gasteiger partial charge in [0.1, 0.15) is 12.2 Å². The van der Waals surface area contributed by atoms with Crippen LogP contribution >= 0.6 is 0 Å². The van der Waals surface area contributed by atoms with E-state index in [4.69, 9.17) is 0 Å². The molecule has 22 heavy (non-hydrogen) atoms. The van der Waals surface area contributed by atoms with Gasteiger partial charge in [-0.3, -0.25) is 14.9 Å². The number of aromatic carboxylic acids is 1. The number of urea groups is 1. The van der Waals surface area contributed by atoms with Gasteiger partial charge in [0.25, 0.3) is 5.56 Å². The van der Waals surface area contributed by atoms with Gasteiger partial charge in [0.2, 0.25) is 5.91 Å². The minimum atomic E-state index is -1.57. The molecular weight excluding hydrogens is 292 g/mol. The average molecular weight is 303 g/mol. The highest BCUT2D eigenvalue weighted by atomic mass is 16.4. The molecule has 9 heteroatoms. The number of nitrogens with one attached hydrogen (secondary N) is 2. The number of amides is 3. The van der Waals surface area contributed by atoms with Gasteiger partial charge in [-0.25, -0.2) is 9.48 Å². The van der Waals surface area contributed by atoms with E-state index in [2.05, 4.69) is 10.4 Å². The van der Waals surface area contributed by atoms with Crippen molar-refractivity contribution in [3.8, 4) is 0 Å². The van der Waals surface area contributed by atoms with Gasteiger partial charge in [-0.05, 0) is 6.07 Å². The van der Waals surface area contributed by atoms with Crippen LogP contribution in [0.3, 0.4) is 0 Å². The molecule has 2 N–H and O–H groups in total. The first-order valence-corrected chi connectivity index (χ1v) is 6.16. The van der Waals surface area contributed by atoms with E-state index in [9.17, 15) is 24.3 Å². The number of carboxylic acid groups (broad SMARTS) is 1. The van der Waals surface area contributed by atoms with Gasteiger partial charge in [-0.1, -0.05) is 18.2 Å². The SMILES string of the molecule is CNC(=O)NC(=O)Cn1nc(C(=O)[O-])c2ccccc2c1=O. The second-order valence-electron chi connectivity index (χ2n) is 4.27. The quantitative estimate of drug-likeness (QED) is 0.688. The molecule has 0 saturated heterocycles. The number of fused-ring (bicyclic) bond motifs is 1. The third-order valence-electron chi connectivity index (χ3n) is 2.83. The van der Waals surface area contributed by atoms with Gasteiger partial charge < -0.3 is 15.2 Å². The minimum Gasteiger partial charge on any atom is -0.543 e. The molecule has 2 aromatic rings. The molecule has 1 aromatic heterocycles. The van der Waals surface area contributed by atoms with Crippen molar-refractivity contribution in [3.63, 3.8) is 0 Å². The van der Waals surface area contributed by atoms with Gasteiger partial charge in [-0.15, -0.1) is 0 Å². The number of carbonyl (C=O) groups is 3.